The van der Waals surface area contributed by atoms with Gasteiger partial charge in [-0.25, -0.2) is 0 Å². The molecule has 2 aliphatic rings. The Morgan fingerprint density at radius 3 is 3.00 bits per heavy atom. The number of hydrogen-bond acceptors (Lipinski definition) is 0. The van der Waals surface area contributed by atoms with Gasteiger partial charge in [0.25, 0.3) is 0 Å². The maximum Gasteiger partial charge on any atom is 0.00138 e. The molecule has 0 spiro atoms. The summed E-state index contributed by atoms with van der Waals surface area (Å²) in [6.07, 6.45) is 8.84. The van der Waals surface area contributed by atoms with Crippen LogP contribution in [0.15, 0.2) is 23.3 Å². The third-order valence-electron chi connectivity index (χ3n) is 3.20. The van der Waals surface area contributed by atoms with E-state index in [1.807, 2.05) is 0 Å². The van der Waals surface area contributed by atoms with Crippen molar-refractivity contribution in [2.24, 2.45) is 11.8 Å². The van der Waals surface area contributed by atoms with Gasteiger partial charge in [0, 0.05) is 5.92 Å². The molecule has 0 bridgehead atoms. The van der Waals surface area contributed by atoms with E-state index in [4.69, 9.17) is 0 Å². The van der Waals surface area contributed by atoms with Crippen LogP contribution in [0.25, 0.3) is 0 Å². The summed E-state index contributed by atoms with van der Waals surface area (Å²) in [5.74, 6) is 1.85. The van der Waals surface area contributed by atoms with E-state index in [2.05, 4.69) is 26.0 Å². The molecule has 60 valence electrons. The average molecular weight is 148 g/mol. The highest BCUT2D eigenvalue weighted by Crippen LogP contribution is 2.49. The minimum Gasteiger partial charge on any atom is -0.0878 e. The second kappa shape index (κ2) is 2.51. The number of fused-ring (bicyclic) bond motifs is 1. The van der Waals surface area contributed by atoms with E-state index >= 15 is 0 Å². The molecule has 0 aromatic rings. The zero-order valence-electron chi connectivity index (χ0n) is 7.43. The Labute approximate surface area is 69.0 Å². The first-order chi connectivity index (χ1) is 5.35. The molecule has 0 aliphatic heterocycles. The van der Waals surface area contributed by atoms with Gasteiger partial charge in [-0.1, -0.05) is 30.2 Å². The Hall–Kier alpha value is -0.520. The molecule has 0 amide bonds. The van der Waals surface area contributed by atoms with Gasteiger partial charge in [-0.3, -0.25) is 0 Å². The van der Waals surface area contributed by atoms with Crippen LogP contribution in [0.3, 0.4) is 0 Å². The number of hydrogen-bond donors (Lipinski definition) is 0. The summed E-state index contributed by atoms with van der Waals surface area (Å²) in [7, 11) is 0. The van der Waals surface area contributed by atoms with Crippen LogP contribution in [0.2, 0.25) is 0 Å². The van der Waals surface area contributed by atoms with Crippen LogP contribution in [0.4, 0.5) is 0 Å². The summed E-state index contributed by atoms with van der Waals surface area (Å²) in [5.41, 5.74) is 3.37. The van der Waals surface area contributed by atoms with Gasteiger partial charge < -0.3 is 0 Å². The molecule has 0 heteroatoms. The molecule has 0 N–H and O–H groups in total. The van der Waals surface area contributed by atoms with E-state index in [1.165, 1.54) is 19.3 Å². The van der Waals surface area contributed by atoms with Gasteiger partial charge in [0.05, 0.1) is 0 Å². The quantitative estimate of drug-likeness (QED) is 0.500. The average Bonchev–Trinajstić information content (AvgIpc) is 2.31. The van der Waals surface area contributed by atoms with Gasteiger partial charge in [-0.15, -0.1) is 0 Å². The molecular weight excluding hydrogens is 132 g/mol. The van der Waals surface area contributed by atoms with E-state index < -0.39 is 0 Å². The molecule has 0 aromatic carbocycles. The van der Waals surface area contributed by atoms with Gasteiger partial charge in [0.1, 0.15) is 0 Å². The molecule has 1 fully saturated rings. The highest BCUT2D eigenvalue weighted by atomic mass is 14.4. The normalized spacial score (nSPS) is 38.4. The fourth-order valence-corrected chi connectivity index (χ4v) is 2.38. The van der Waals surface area contributed by atoms with Crippen LogP contribution in [-0.4, -0.2) is 0 Å². The minimum atomic E-state index is 0.856. The molecule has 1 saturated carbocycles. The van der Waals surface area contributed by atoms with Gasteiger partial charge in [-0.2, -0.15) is 0 Å². The Bertz CT molecular complexity index is 220. The lowest BCUT2D eigenvalue weighted by Crippen LogP contribution is -2.23. The van der Waals surface area contributed by atoms with E-state index in [1.54, 1.807) is 11.1 Å². The molecule has 2 aliphatic carbocycles. The predicted octanol–water partition coefficient (Wildman–Crippen LogP) is 3.31. The smallest absolute Gasteiger partial charge is 0.00138 e. The molecule has 0 nitrogen and oxygen atoms in total. The van der Waals surface area contributed by atoms with Crippen molar-refractivity contribution in [3.63, 3.8) is 0 Å². The summed E-state index contributed by atoms with van der Waals surface area (Å²) >= 11 is 0. The van der Waals surface area contributed by atoms with Gasteiger partial charge in [0.2, 0.25) is 0 Å². The van der Waals surface area contributed by atoms with E-state index in [9.17, 15) is 0 Å². The van der Waals surface area contributed by atoms with Crippen molar-refractivity contribution in [2.45, 2.75) is 33.1 Å². The Kier molecular flexibility index (Phi) is 1.63. The molecular formula is C11H16. The second-order valence-electron chi connectivity index (χ2n) is 3.74. The van der Waals surface area contributed by atoms with Crippen molar-refractivity contribution >= 4 is 0 Å². The molecule has 0 aromatic heterocycles. The highest BCUT2D eigenvalue weighted by Gasteiger charge is 2.37. The van der Waals surface area contributed by atoms with Gasteiger partial charge in [-0.05, 0) is 32.1 Å². The monoisotopic (exact) mass is 148 g/mol. The van der Waals surface area contributed by atoms with E-state index in [-0.39, 0.29) is 0 Å². The number of rotatable bonds is 1. The molecule has 0 radical (unpaired) electrons. The summed E-state index contributed by atoms with van der Waals surface area (Å²) in [4.78, 5) is 0. The Morgan fingerprint density at radius 2 is 2.36 bits per heavy atom. The highest BCUT2D eigenvalue weighted by molar-refractivity contribution is 5.32. The van der Waals surface area contributed by atoms with Gasteiger partial charge >= 0.3 is 0 Å². The first-order valence-electron chi connectivity index (χ1n) is 4.69. The first kappa shape index (κ1) is 7.15. The zero-order chi connectivity index (χ0) is 7.84. The molecule has 0 unspecified atom stereocenters. The van der Waals surface area contributed by atoms with Crippen molar-refractivity contribution in [1.82, 2.24) is 0 Å². The van der Waals surface area contributed by atoms with Crippen LogP contribution in [0.1, 0.15) is 33.1 Å². The molecule has 11 heavy (non-hydrogen) atoms. The fraction of sp³-hybridized carbons (Fsp3) is 0.636. The zero-order valence-corrected chi connectivity index (χ0v) is 7.43. The van der Waals surface area contributed by atoms with Crippen molar-refractivity contribution < 1.29 is 0 Å². The molecule has 2 atom stereocenters. The summed E-state index contributed by atoms with van der Waals surface area (Å²) in [5, 5.41) is 0. The first-order valence-corrected chi connectivity index (χ1v) is 4.69. The summed E-state index contributed by atoms with van der Waals surface area (Å²) < 4.78 is 0. The Morgan fingerprint density at radius 1 is 1.55 bits per heavy atom. The van der Waals surface area contributed by atoms with Crippen LogP contribution in [0.5, 0.6) is 0 Å². The largest absolute Gasteiger partial charge is 0.0878 e. The summed E-state index contributed by atoms with van der Waals surface area (Å²) in [6.45, 7) is 4.44. The standard InChI is InChI=1S/C11H16/c1-3-8-5-10-7-9(4-2)11(10)6-8/h4,6,10-11H,3,5,7H2,1-2H3/t10-,11+/m1/s1. The number of allylic oxidation sites excluding steroid dienone is 4. The second-order valence-corrected chi connectivity index (χ2v) is 3.74. The Balaban J connectivity index is 2.11. The van der Waals surface area contributed by atoms with Crippen LogP contribution >= 0.6 is 0 Å². The lowest BCUT2D eigenvalue weighted by atomic mass is 9.71. The third kappa shape index (κ3) is 0.962. The minimum absolute atomic E-state index is 0.856. The molecule has 2 rings (SSSR count). The lowest BCUT2D eigenvalue weighted by Gasteiger charge is -2.33. The van der Waals surface area contributed by atoms with Crippen LogP contribution < -0.4 is 0 Å². The van der Waals surface area contributed by atoms with Crippen molar-refractivity contribution in [2.75, 3.05) is 0 Å². The molecule has 0 heterocycles. The van der Waals surface area contributed by atoms with E-state index in [0.717, 1.165) is 11.8 Å². The van der Waals surface area contributed by atoms with Crippen LogP contribution in [0, 0.1) is 11.8 Å². The van der Waals surface area contributed by atoms with E-state index in [0.29, 0.717) is 0 Å². The van der Waals surface area contributed by atoms with Crippen molar-refractivity contribution in [3.05, 3.63) is 23.3 Å². The maximum absolute atomic E-state index is 2.50. The molecule has 0 saturated heterocycles. The van der Waals surface area contributed by atoms with Gasteiger partial charge in [0.15, 0.2) is 0 Å². The summed E-state index contributed by atoms with van der Waals surface area (Å²) in [6, 6.07) is 0. The predicted molar refractivity (Wildman–Crippen MR) is 48.3 cm³/mol. The third-order valence-corrected chi connectivity index (χ3v) is 3.20. The fourth-order valence-electron chi connectivity index (χ4n) is 2.38. The SMILES string of the molecule is CC=C1C[C@H]2CC(CC)=C[C@@H]12. The van der Waals surface area contributed by atoms with Crippen molar-refractivity contribution in [1.29, 1.82) is 0 Å². The van der Waals surface area contributed by atoms with Crippen molar-refractivity contribution in [3.8, 4) is 0 Å². The van der Waals surface area contributed by atoms with Crippen LogP contribution in [-0.2, 0) is 0 Å². The topological polar surface area (TPSA) is 0 Å². The maximum atomic E-state index is 2.50. The lowest BCUT2D eigenvalue weighted by molar-refractivity contribution is 0.353.